The van der Waals surface area contributed by atoms with Crippen LogP contribution in [0.5, 0.6) is 5.75 Å². The van der Waals surface area contributed by atoms with Crippen LogP contribution in [0.25, 0.3) is 0 Å². The lowest BCUT2D eigenvalue weighted by molar-refractivity contribution is -0.139. The second-order valence-corrected chi connectivity index (χ2v) is 10.5. The molecule has 0 heterocycles. The van der Waals surface area contributed by atoms with Gasteiger partial charge in [-0.3, -0.25) is 13.9 Å². The molecule has 0 bridgehead atoms. The lowest BCUT2D eigenvalue weighted by Crippen LogP contribution is -2.52. The molecule has 0 aliphatic rings. The molecule has 2 unspecified atom stereocenters. The number of carbonyl (C=O) groups excluding carboxylic acids is 2. The first-order valence-corrected chi connectivity index (χ1v) is 13.1. The van der Waals surface area contributed by atoms with Gasteiger partial charge in [0.15, 0.2) is 0 Å². The van der Waals surface area contributed by atoms with E-state index in [1.165, 1.54) is 17.0 Å². The van der Waals surface area contributed by atoms with Crippen LogP contribution < -0.4 is 14.4 Å². The molecule has 2 amide bonds. The first-order chi connectivity index (χ1) is 16.0. The number of nitrogens with one attached hydrogen (secondary N) is 1. The third-order valence-electron chi connectivity index (χ3n) is 5.47. The molecule has 0 radical (unpaired) electrons. The van der Waals surface area contributed by atoms with E-state index in [4.69, 9.17) is 16.3 Å². The van der Waals surface area contributed by atoms with Crippen molar-refractivity contribution in [3.05, 3.63) is 59.1 Å². The second-order valence-electron chi connectivity index (χ2n) is 8.11. The molecule has 0 spiro atoms. The average Bonchev–Trinajstić information content (AvgIpc) is 2.80. The third-order valence-corrected chi connectivity index (χ3v) is 6.87. The molecular formula is C24H32ClN3O5S. The summed E-state index contributed by atoms with van der Waals surface area (Å²) >= 11 is 5.93. The molecule has 1 N–H and O–H groups in total. The number of rotatable bonds is 11. The van der Waals surface area contributed by atoms with Gasteiger partial charge in [-0.2, -0.15) is 0 Å². The second kappa shape index (κ2) is 12.1. The number of hydrogen-bond donors (Lipinski definition) is 1. The van der Waals surface area contributed by atoms with Gasteiger partial charge in [0, 0.05) is 17.6 Å². The van der Waals surface area contributed by atoms with Crippen molar-refractivity contribution in [3.63, 3.8) is 0 Å². The largest absolute Gasteiger partial charge is 0.497 e. The first-order valence-electron chi connectivity index (χ1n) is 10.9. The van der Waals surface area contributed by atoms with Crippen LogP contribution in [0, 0.1) is 0 Å². The minimum absolute atomic E-state index is 0.0607. The summed E-state index contributed by atoms with van der Waals surface area (Å²) in [7, 11) is -2.23. The molecular weight excluding hydrogens is 478 g/mol. The molecule has 0 aliphatic heterocycles. The van der Waals surface area contributed by atoms with Crippen molar-refractivity contribution in [2.75, 3.05) is 24.2 Å². The highest BCUT2D eigenvalue weighted by Gasteiger charge is 2.30. The third kappa shape index (κ3) is 7.63. The van der Waals surface area contributed by atoms with E-state index in [1.807, 2.05) is 13.8 Å². The fourth-order valence-corrected chi connectivity index (χ4v) is 4.17. The molecule has 0 fully saturated rings. The van der Waals surface area contributed by atoms with Gasteiger partial charge in [-0.1, -0.05) is 30.7 Å². The molecule has 0 saturated carbocycles. The predicted molar refractivity (Wildman–Crippen MR) is 135 cm³/mol. The Balaban J connectivity index is 2.36. The Hall–Kier alpha value is -2.78. The number of amides is 2. The molecule has 34 heavy (non-hydrogen) atoms. The van der Waals surface area contributed by atoms with Gasteiger partial charge < -0.3 is 15.0 Å². The Morgan fingerprint density at radius 2 is 1.65 bits per heavy atom. The number of anilines is 1. The minimum atomic E-state index is -3.78. The fourth-order valence-electron chi connectivity index (χ4n) is 3.20. The molecule has 0 aliphatic carbocycles. The van der Waals surface area contributed by atoms with Crippen LogP contribution in [0.2, 0.25) is 5.02 Å². The molecule has 186 valence electrons. The highest BCUT2D eigenvalue weighted by molar-refractivity contribution is 7.92. The standard InChI is InChI=1S/C24H32ClN3O5S/c1-6-17(2)26-24(30)18(3)27(15-19-7-13-22(33-4)14-8-19)23(29)16-28(34(5,31)32)21-11-9-20(25)10-12-21/h7-14,17-18H,6,15-16H2,1-5H3,(H,26,30). The quantitative estimate of drug-likeness (QED) is 0.500. The summed E-state index contributed by atoms with van der Waals surface area (Å²) < 4.78 is 31.2. The molecule has 8 nitrogen and oxygen atoms in total. The number of benzene rings is 2. The molecule has 0 aromatic heterocycles. The van der Waals surface area contributed by atoms with Crippen molar-refractivity contribution in [2.24, 2.45) is 0 Å². The number of carbonyl (C=O) groups is 2. The Kier molecular flexibility index (Phi) is 9.76. The number of hydrogen-bond acceptors (Lipinski definition) is 5. The maximum absolute atomic E-state index is 13.5. The monoisotopic (exact) mass is 509 g/mol. The fraction of sp³-hybridized carbons (Fsp3) is 0.417. The Morgan fingerprint density at radius 1 is 1.06 bits per heavy atom. The zero-order valence-corrected chi connectivity index (χ0v) is 21.7. The predicted octanol–water partition coefficient (Wildman–Crippen LogP) is 3.45. The van der Waals surface area contributed by atoms with Gasteiger partial charge in [0.25, 0.3) is 0 Å². The SMILES string of the molecule is CCC(C)NC(=O)C(C)N(Cc1ccc(OC)cc1)C(=O)CN(c1ccc(Cl)cc1)S(C)(=O)=O. The van der Waals surface area contributed by atoms with Gasteiger partial charge in [0.1, 0.15) is 18.3 Å². The van der Waals surface area contributed by atoms with Crippen LogP contribution in [-0.4, -0.2) is 57.1 Å². The van der Waals surface area contributed by atoms with E-state index >= 15 is 0 Å². The maximum Gasteiger partial charge on any atom is 0.244 e. The van der Waals surface area contributed by atoms with Crippen molar-refractivity contribution in [2.45, 2.75) is 45.8 Å². The van der Waals surface area contributed by atoms with Gasteiger partial charge in [-0.25, -0.2) is 8.42 Å². The van der Waals surface area contributed by atoms with Gasteiger partial charge in [0.05, 0.1) is 19.1 Å². The van der Waals surface area contributed by atoms with Crippen molar-refractivity contribution in [1.29, 1.82) is 0 Å². The highest BCUT2D eigenvalue weighted by Crippen LogP contribution is 2.22. The normalized spacial score (nSPS) is 13.0. The molecule has 10 heteroatoms. The zero-order chi connectivity index (χ0) is 25.5. The van der Waals surface area contributed by atoms with Gasteiger partial charge >= 0.3 is 0 Å². The van der Waals surface area contributed by atoms with E-state index in [-0.39, 0.29) is 18.5 Å². The van der Waals surface area contributed by atoms with Crippen molar-refractivity contribution < 1.29 is 22.7 Å². The average molecular weight is 510 g/mol. The molecule has 2 rings (SSSR count). The number of methoxy groups -OCH3 is 1. The van der Waals surface area contributed by atoms with E-state index in [2.05, 4.69) is 5.32 Å². The van der Waals surface area contributed by atoms with Crippen LogP contribution in [0.15, 0.2) is 48.5 Å². The summed E-state index contributed by atoms with van der Waals surface area (Å²) in [6, 6.07) is 12.4. The van der Waals surface area contributed by atoms with Crippen LogP contribution in [0.1, 0.15) is 32.8 Å². The Labute approximate surface area is 206 Å². The summed E-state index contributed by atoms with van der Waals surface area (Å²) in [5, 5.41) is 3.34. The van der Waals surface area contributed by atoms with E-state index in [9.17, 15) is 18.0 Å². The summed E-state index contributed by atoms with van der Waals surface area (Å²) in [5.41, 5.74) is 1.08. The van der Waals surface area contributed by atoms with Crippen molar-refractivity contribution in [3.8, 4) is 5.75 Å². The summed E-state index contributed by atoms with van der Waals surface area (Å²) in [4.78, 5) is 27.7. The number of nitrogens with zero attached hydrogens (tertiary/aromatic N) is 2. The summed E-state index contributed by atoms with van der Waals surface area (Å²) in [6.45, 7) is 5.12. The smallest absolute Gasteiger partial charge is 0.244 e. The van der Waals surface area contributed by atoms with Gasteiger partial charge in [-0.15, -0.1) is 0 Å². The number of sulfonamides is 1. The number of ether oxygens (including phenoxy) is 1. The minimum Gasteiger partial charge on any atom is -0.497 e. The van der Waals surface area contributed by atoms with Crippen molar-refractivity contribution in [1.82, 2.24) is 10.2 Å². The van der Waals surface area contributed by atoms with E-state index in [0.29, 0.717) is 16.5 Å². The zero-order valence-electron chi connectivity index (χ0n) is 20.1. The molecule has 2 aromatic carbocycles. The molecule has 2 aromatic rings. The Morgan fingerprint density at radius 3 is 2.15 bits per heavy atom. The van der Waals surface area contributed by atoms with E-state index < -0.39 is 28.5 Å². The Bertz CT molecular complexity index is 1070. The molecule has 0 saturated heterocycles. The van der Waals surface area contributed by atoms with Gasteiger partial charge in [0.2, 0.25) is 21.8 Å². The summed E-state index contributed by atoms with van der Waals surface area (Å²) in [6.07, 6.45) is 1.77. The van der Waals surface area contributed by atoms with Crippen LogP contribution >= 0.6 is 11.6 Å². The molecule has 2 atom stereocenters. The highest BCUT2D eigenvalue weighted by atomic mass is 35.5. The van der Waals surface area contributed by atoms with E-state index in [1.54, 1.807) is 50.4 Å². The van der Waals surface area contributed by atoms with Crippen LogP contribution in [0.3, 0.4) is 0 Å². The van der Waals surface area contributed by atoms with E-state index in [0.717, 1.165) is 22.5 Å². The number of halogens is 1. The van der Waals surface area contributed by atoms with Crippen molar-refractivity contribution >= 4 is 39.1 Å². The maximum atomic E-state index is 13.5. The topological polar surface area (TPSA) is 96.0 Å². The van der Waals surface area contributed by atoms with Crippen LogP contribution in [-0.2, 0) is 26.2 Å². The summed E-state index contributed by atoms with van der Waals surface area (Å²) in [5.74, 6) is -0.160. The lowest BCUT2D eigenvalue weighted by Gasteiger charge is -2.32. The van der Waals surface area contributed by atoms with Gasteiger partial charge in [-0.05, 0) is 62.2 Å². The van der Waals surface area contributed by atoms with Crippen LogP contribution in [0.4, 0.5) is 5.69 Å². The lowest BCUT2D eigenvalue weighted by atomic mass is 10.1. The first kappa shape index (κ1) is 27.5.